The number of hydrogen-bond acceptors (Lipinski definition) is 7. The van der Waals surface area contributed by atoms with Gasteiger partial charge in [0.05, 0.1) is 11.1 Å². The zero-order valence-corrected chi connectivity index (χ0v) is 17.8. The Bertz CT molecular complexity index is 847. The fourth-order valence-corrected chi connectivity index (χ4v) is 4.67. The van der Waals surface area contributed by atoms with Crippen molar-refractivity contribution in [2.75, 3.05) is 13.2 Å². The summed E-state index contributed by atoms with van der Waals surface area (Å²) in [5.41, 5.74) is 0.618. The lowest BCUT2D eigenvalue weighted by Gasteiger charge is -2.30. The van der Waals surface area contributed by atoms with Gasteiger partial charge >= 0.3 is 5.97 Å². The molecule has 0 aliphatic heterocycles. The molecule has 0 radical (unpaired) electrons. The molecule has 0 saturated heterocycles. The second-order valence-electron chi connectivity index (χ2n) is 5.87. The summed E-state index contributed by atoms with van der Waals surface area (Å²) in [5.74, 6) is -0.972. The molecule has 1 aromatic rings. The summed E-state index contributed by atoms with van der Waals surface area (Å²) in [4.78, 5) is 19.6. The molecule has 0 amide bonds. The number of nitrogens with zero attached hydrogens (tertiary/aromatic N) is 2. The van der Waals surface area contributed by atoms with E-state index in [2.05, 4.69) is 30.6 Å². The van der Waals surface area contributed by atoms with Crippen molar-refractivity contribution < 1.29 is 17.9 Å². The first-order chi connectivity index (χ1) is 12.8. The fraction of sp³-hybridized carbons (Fsp3) is 0.500. The Kier molecular flexibility index (Phi) is 7.90. The molecule has 0 bridgehead atoms. The minimum Gasteiger partial charge on any atom is -0.465 e. The van der Waals surface area contributed by atoms with Gasteiger partial charge in [-0.1, -0.05) is 11.6 Å². The summed E-state index contributed by atoms with van der Waals surface area (Å²) >= 11 is 8.97. The highest BCUT2D eigenvalue weighted by molar-refractivity contribution is 9.10. The molecule has 2 rings (SSSR count). The molecule has 11 heteroatoms. The lowest BCUT2D eigenvalue weighted by atomic mass is 9.84. The van der Waals surface area contributed by atoms with Crippen LogP contribution in [0.5, 0.6) is 0 Å². The molecule has 1 aromatic heterocycles. The smallest absolute Gasteiger partial charge is 0.327 e. The van der Waals surface area contributed by atoms with E-state index in [1.807, 2.05) is 0 Å². The number of rotatable bonds is 7. The zero-order chi connectivity index (χ0) is 20.0. The Balaban J connectivity index is 2.18. The molecule has 1 aliphatic rings. The van der Waals surface area contributed by atoms with Crippen molar-refractivity contribution in [2.45, 2.75) is 37.1 Å². The first-order valence-corrected chi connectivity index (χ1v) is 11.0. The van der Waals surface area contributed by atoms with Crippen molar-refractivity contribution >= 4 is 55.4 Å². The molecule has 1 saturated carbocycles. The third-order valence-corrected chi connectivity index (χ3v) is 6.64. The Morgan fingerprint density at radius 2 is 2.33 bits per heavy atom. The third-order valence-electron chi connectivity index (χ3n) is 4.05. The summed E-state index contributed by atoms with van der Waals surface area (Å²) in [6.45, 7) is 1.84. The summed E-state index contributed by atoms with van der Waals surface area (Å²) in [5, 5.41) is 7.87. The van der Waals surface area contributed by atoms with Gasteiger partial charge in [-0.3, -0.25) is 9.79 Å². The van der Waals surface area contributed by atoms with Gasteiger partial charge in [-0.15, -0.1) is 0 Å². The fourth-order valence-electron chi connectivity index (χ4n) is 2.80. The normalized spacial score (nSPS) is 21.8. The maximum Gasteiger partial charge on any atom is 0.327 e. The van der Waals surface area contributed by atoms with Gasteiger partial charge in [0.25, 0.3) is 0 Å². The van der Waals surface area contributed by atoms with Crippen molar-refractivity contribution in [1.29, 1.82) is 5.41 Å². The maximum absolute atomic E-state index is 12.7. The van der Waals surface area contributed by atoms with Crippen molar-refractivity contribution in [3.8, 4) is 0 Å². The van der Waals surface area contributed by atoms with E-state index in [0.717, 1.165) is 6.21 Å². The van der Waals surface area contributed by atoms with Crippen LogP contribution in [0.15, 0.2) is 26.6 Å². The van der Waals surface area contributed by atoms with Crippen LogP contribution in [0.25, 0.3) is 0 Å². The van der Waals surface area contributed by atoms with E-state index in [0.29, 0.717) is 29.4 Å². The summed E-state index contributed by atoms with van der Waals surface area (Å²) < 4.78 is 33.2. The molecule has 27 heavy (non-hydrogen) atoms. The van der Waals surface area contributed by atoms with Crippen LogP contribution >= 0.6 is 27.5 Å². The Labute approximate surface area is 171 Å². The number of carbonyl (C=O) groups excluding carboxylic acids is 1. The number of hydrogen-bond donors (Lipinski definition) is 2. The van der Waals surface area contributed by atoms with Gasteiger partial charge in [-0.2, -0.15) is 0 Å². The molecular formula is C16H20BrClN4O4S. The van der Waals surface area contributed by atoms with Crippen LogP contribution in [0.1, 0.15) is 26.2 Å². The molecule has 0 aromatic carbocycles. The number of aromatic nitrogens is 1. The van der Waals surface area contributed by atoms with Gasteiger partial charge in [0.15, 0.2) is 0 Å². The highest BCUT2D eigenvalue weighted by atomic mass is 79.9. The second-order valence-corrected chi connectivity index (χ2v) is 8.80. The molecule has 1 aliphatic carbocycles. The monoisotopic (exact) mass is 478 g/mol. The Morgan fingerprint density at radius 3 is 2.96 bits per heavy atom. The Hall–Kier alpha value is -1.36. The summed E-state index contributed by atoms with van der Waals surface area (Å²) in [6, 6.07) is 0.840. The van der Waals surface area contributed by atoms with Crippen LogP contribution in [-0.4, -0.2) is 50.5 Å². The van der Waals surface area contributed by atoms with Gasteiger partial charge < -0.3 is 10.1 Å². The van der Waals surface area contributed by atoms with Gasteiger partial charge in [0.1, 0.15) is 16.6 Å². The third kappa shape index (κ3) is 5.81. The number of sulfonamides is 1. The zero-order valence-electron chi connectivity index (χ0n) is 14.6. The summed E-state index contributed by atoms with van der Waals surface area (Å²) in [7, 11) is -3.86. The standard InChI is InChI=1S/C16H20BrClN4O4S/c1-2-26-15(23)9-20-13-4-3-5-14(11(13)7-19)22-27(24,25)10-6-12(17)16(18)21-8-10/h6-8,11,14,19,22H,2-5,9H2,1H3. The molecular weight excluding hydrogens is 460 g/mol. The molecule has 148 valence electrons. The first-order valence-electron chi connectivity index (χ1n) is 8.31. The molecule has 1 fully saturated rings. The molecule has 8 nitrogen and oxygen atoms in total. The Morgan fingerprint density at radius 1 is 1.59 bits per heavy atom. The van der Waals surface area contributed by atoms with Crippen molar-refractivity contribution in [3.63, 3.8) is 0 Å². The number of aliphatic imine (C=N–C) groups is 1. The highest BCUT2D eigenvalue weighted by Crippen LogP contribution is 2.26. The van der Waals surface area contributed by atoms with Gasteiger partial charge in [0, 0.05) is 30.1 Å². The van der Waals surface area contributed by atoms with E-state index in [-0.39, 0.29) is 23.2 Å². The largest absolute Gasteiger partial charge is 0.465 e. The second kappa shape index (κ2) is 9.72. The predicted octanol–water partition coefficient (Wildman–Crippen LogP) is 2.60. The number of nitrogens with one attached hydrogen (secondary N) is 2. The van der Waals surface area contributed by atoms with E-state index in [9.17, 15) is 13.2 Å². The average molecular weight is 480 g/mol. The van der Waals surface area contributed by atoms with Crippen molar-refractivity contribution in [2.24, 2.45) is 10.9 Å². The molecule has 0 spiro atoms. The quantitative estimate of drug-likeness (QED) is 0.354. The SMILES string of the molecule is CCOC(=O)CN=C1CCCC(NS(=O)(=O)c2cnc(Cl)c(Br)c2)C1C=N. The predicted molar refractivity (Wildman–Crippen MR) is 106 cm³/mol. The molecule has 2 unspecified atom stereocenters. The van der Waals surface area contributed by atoms with Crippen LogP contribution in [0.2, 0.25) is 5.15 Å². The van der Waals surface area contributed by atoms with E-state index < -0.39 is 28.0 Å². The van der Waals surface area contributed by atoms with Gasteiger partial charge in [-0.25, -0.2) is 18.1 Å². The summed E-state index contributed by atoms with van der Waals surface area (Å²) in [6.07, 6.45) is 4.19. The van der Waals surface area contributed by atoms with E-state index in [1.54, 1.807) is 6.92 Å². The average Bonchev–Trinajstić information content (AvgIpc) is 2.62. The maximum atomic E-state index is 12.7. The highest BCUT2D eigenvalue weighted by Gasteiger charge is 2.32. The molecule has 1 heterocycles. The number of pyridine rings is 1. The van der Waals surface area contributed by atoms with Crippen LogP contribution < -0.4 is 4.72 Å². The number of ether oxygens (including phenoxy) is 1. The van der Waals surface area contributed by atoms with Crippen LogP contribution in [0.4, 0.5) is 0 Å². The van der Waals surface area contributed by atoms with Gasteiger partial charge in [-0.05, 0) is 48.2 Å². The number of esters is 1. The van der Waals surface area contributed by atoms with Crippen molar-refractivity contribution in [1.82, 2.24) is 9.71 Å². The van der Waals surface area contributed by atoms with Gasteiger partial charge in [0.2, 0.25) is 10.0 Å². The number of halogens is 2. The lowest BCUT2D eigenvalue weighted by molar-refractivity contribution is -0.141. The lowest BCUT2D eigenvalue weighted by Crippen LogP contribution is -2.46. The van der Waals surface area contributed by atoms with E-state index >= 15 is 0 Å². The minimum absolute atomic E-state index is 0.0295. The van der Waals surface area contributed by atoms with Crippen molar-refractivity contribution in [3.05, 3.63) is 21.9 Å². The van der Waals surface area contributed by atoms with E-state index in [4.69, 9.17) is 21.7 Å². The van der Waals surface area contributed by atoms with Crippen LogP contribution in [-0.2, 0) is 19.6 Å². The molecule has 2 N–H and O–H groups in total. The molecule has 2 atom stereocenters. The topological polar surface area (TPSA) is 122 Å². The van der Waals surface area contributed by atoms with Crippen LogP contribution in [0, 0.1) is 11.3 Å². The number of carbonyl (C=O) groups is 1. The minimum atomic E-state index is -3.86. The van der Waals surface area contributed by atoms with Crippen LogP contribution in [0.3, 0.4) is 0 Å². The van der Waals surface area contributed by atoms with E-state index in [1.165, 1.54) is 12.3 Å². The first kappa shape index (κ1) is 21.9.